The van der Waals surface area contributed by atoms with Crippen molar-refractivity contribution in [2.45, 2.75) is 38.8 Å². The number of carbonyl (C=O) groups is 4. The first-order valence-corrected chi connectivity index (χ1v) is 11.5. The van der Waals surface area contributed by atoms with Crippen LogP contribution in [0.5, 0.6) is 11.5 Å². The minimum absolute atomic E-state index is 0.212. The summed E-state index contributed by atoms with van der Waals surface area (Å²) in [6, 6.07) is 13.2. The van der Waals surface area contributed by atoms with Crippen LogP contribution in [0.15, 0.2) is 53.4 Å². The average Bonchev–Trinajstić information content (AvgIpc) is 3.10. The van der Waals surface area contributed by atoms with Crippen LogP contribution in [0.2, 0.25) is 0 Å². The second-order valence-corrected chi connectivity index (χ2v) is 9.61. The monoisotopic (exact) mass is 498 g/mol. The van der Waals surface area contributed by atoms with Gasteiger partial charge in [0.05, 0.1) is 12.0 Å². The van der Waals surface area contributed by atoms with Crippen LogP contribution in [0.3, 0.4) is 0 Å². The zero-order valence-corrected chi connectivity index (χ0v) is 20.6. The van der Waals surface area contributed by atoms with Gasteiger partial charge in [-0.25, -0.2) is 9.59 Å². The average molecular weight is 499 g/mol. The fourth-order valence-electron chi connectivity index (χ4n) is 3.06. The zero-order valence-electron chi connectivity index (χ0n) is 19.7. The Labute approximate surface area is 207 Å². The highest BCUT2D eigenvalue weighted by Crippen LogP contribution is 2.27. The van der Waals surface area contributed by atoms with E-state index in [4.69, 9.17) is 14.2 Å². The number of amides is 3. The maximum absolute atomic E-state index is 12.1. The summed E-state index contributed by atoms with van der Waals surface area (Å²) in [5.41, 5.74) is 0.848. The maximum Gasteiger partial charge on any atom is 0.408 e. The number of hydrogen-bond donors (Lipinski definition) is 2. The molecule has 0 aromatic heterocycles. The highest BCUT2D eigenvalue weighted by molar-refractivity contribution is 8.18. The molecular formula is C25H26N2O7S. The van der Waals surface area contributed by atoms with E-state index in [0.717, 1.165) is 22.9 Å². The number of methoxy groups -OCH3 is 1. The van der Waals surface area contributed by atoms with Crippen LogP contribution in [0.1, 0.15) is 31.9 Å². The predicted octanol–water partition coefficient (Wildman–Crippen LogP) is 4.41. The van der Waals surface area contributed by atoms with Crippen LogP contribution in [-0.2, 0) is 25.5 Å². The Bertz CT molecular complexity index is 1140. The summed E-state index contributed by atoms with van der Waals surface area (Å²) in [4.78, 5) is 47.5. The van der Waals surface area contributed by atoms with Gasteiger partial charge in [0.15, 0.2) is 0 Å². The molecule has 0 unspecified atom stereocenters. The molecule has 1 saturated heterocycles. The van der Waals surface area contributed by atoms with Crippen molar-refractivity contribution in [2.24, 2.45) is 0 Å². The summed E-state index contributed by atoms with van der Waals surface area (Å²) < 4.78 is 15.9. The number of esters is 1. The summed E-state index contributed by atoms with van der Waals surface area (Å²) in [5, 5.41) is 4.38. The van der Waals surface area contributed by atoms with Gasteiger partial charge in [-0.1, -0.05) is 24.3 Å². The van der Waals surface area contributed by atoms with Gasteiger partial charge in [0, 0.05) is 6.42 Å². The largest absolute Gasteiger partial charge is 0.467 e. The van der Waals surface area contributed by atoms with Gasteiger partial charge in [0.1, 0.15) is 23.1 Å². The molecule has 1 atom stereocenters. The van der Waals surface area contributed by atoms with Crippen molar-refractivity contribution in [3.05, 3.63) is 64.6 Å². The summed E-state index contributed by atoms with van der Waals surface area (Å²) >= 11 is 0.860. The molecule has 9 nitrogen and oxygen atoms in total. The van der Waals surface area contributed by atoms with E-state index in [1.165, 1.54) is 7.11 Å². The Morgan fingerprint density at radius 3 is 2.14 bits per heavy atom. The van der Waals surface area contributed by atoms with E-state index in [-0.39, 0.29) is 11.7 Å². The molecule has 0 aliphatic carbocycles. The molecule has 1 fully saturated rings. The van der Waals surface area contributed by atoms with Crippen LogP contribution in [0.25, 0.3) is 6.08 Å². The molecule has 3 amide bonds. The molecule has 3 rings (SSSR count). The van der Waals surface area contributed by atoms with Crippen LogP contribution in [0, 0.1) is 0 Å². The van der Waals surface area contributed by atoms with E-state index in [1.54, 1.807) is 75.4 Å². The molecule has 10 heteroatoms. The standard InChI is InChI=1S/C25H26N2O7S/c1-25(2,3)34-23(30)26-19(22(29)32-4)13-15-5-9-17(10-6-15)33-18-11-7-16(8-12-18)14-20-21(28)27-24(31)35-20/h5-12,14,19H,13H2,1-4H3,(H,26,30)(H,27,28,31)/b20-14+/t19-/m0/s1. The highest BCUT2D eigenvalue weighted by Gasteiger charge is 2.26. The Balaban J connectivity index is 1.61. The van der Waals surface area contributed by atoms with E-state index in [0.29, 0.717) is 16.4 Å². The van der Waals surface area contributed by atoms with Crippen molar-refractivity contribution in [2.75, 3.05) is 7.11 Å². The van der Waals surface area contributed by atoms with E-state index in [2.05, 4.69) is 10.6 Å². The van der Waals surface area contributed by atoms with E-state index >= 15 is 0 Å². The quantitative estimate of drug-likeness (QED) is 0.425. The molecule has 35 heavy (non-hydrogen) atoms. The summed E-state index contributed by atoms with van der Waals surface area (Å²) in [5.74, 6) is 0.171. The van der Waals surface area contributed by atoms with Crippen LogP contribution in [0.4, 0.5) is 9.59 Å². The van der Waals surface area contributed by atoms with Gasteiger partial charge in [0.25, 0.3) is 11.1 Å². The second-order valence-electron chi connectivity index (χ2n) is 8.59. The van der Waals surface area contributed by atoms with Crippen molar-refractivity contribution in [1.82, 2.24) is 10.6 Å². The normalized spacial score (nSPS) is 15.4. The molecule has 1 heterocycles. The van der Waals surface area contributed by atoms with Crippen molar-refractivity contribution < 1.29 is 33.4 Å². The number of hydrogen-bond acceptors (Lipinski definition) is 8. The Kier molecular flexibility index (Phi) is 8.18. The lowest BCUT2D eigenvalue weighted by Gasteiger charge is -2.22. The highest BCUT2D eigenvalue weighted by atomic mass is 32.2. The zero-order chi connectivity index (χ0) is 25.6. The minimum Gasteiger partial charge on any atom is -0.467 e. The molecule has 2 N–H and O–H groups in total. The van der Waals surface area contributed by atoms with Crippen LogP contribution in [-0.4, -0.2) is 42.0 Å². The molecular weight excluding hydrogens is 472 g/mol. The number of imide groups is 1. The first-order valence-electron chi connectivity index (χ1n) is 10.7. The van der Waals surface area contributed by atoms with Crippen molar-refractivity contribution >= 4 is 41.0 Å². The Morgan fingerprint density at radius 1 is 1.03 bits per heavy atom. The number of carbonyl (C=O) groups excluding carboxylic acids is 4. The van der Waals surface area contributed by atoms with Gasteiger partial charge in [-0.3, -0.25) is 14.9 Å². The summed E-state index contributed by atoms with van der Waals surface area (Å²) in [6.07, 6.45) is 1.14. The van der Waals surface area contributed by atoms with Crippen LogP contribution >= 0.6 is 11.8 Å². The van der Waals surface area contributed by atoms with Gasteiger partial charge in [-0.15, -0.1) is 0 Å². The van der Waals surface area contributed by atoms with Gasteiger partial charge in [0.2, 0.25) is 0 Å². The Hall–Kier alpha value is -3.79. The lowest BCUT2D eigenvalue weighted by molar-refractivity contribution is -0.143. The molecule has 184 valence electrons. The number of benzene rings is 2. The maximum atomic E-state index is 12.1. The third-order valence-electron chi connectivity index (χ3n) is 4.60. The Morgan fingerprint density at radius 2 is 1.63 bits per heavy atom. The first-order chi connectivity index (χ1) is 16.5. The van der Waals surface area contributed by atoms with E-state index in [9.17, 15) is 19.2 Å². The number of ether oxygens (including phenoxy) is 3. The minimum atomic E-state index is -0.904. The van der Waals surface area contributed by atoms with Gasteiger partial charge < -0.3 is 19.5 Å². The van der Waals surface area contributed by atoms with Gasteiger partial charge in [-0.2, -0.15) is 0 Å². The summed E-state index contributed by atoms with van der Waals surface area (Å²) in [6.45, 7) is 5.20. The van der Waals surface area contributed by atoms with Crippen LogP contribution < -0.4 is 15.4 Å². The van der Waals surface area contributed by atoms with Crippen molar-refractivity contribution in [3.8, 4) is 11.5 Å². The topological polar surface area (TPSA) is 120 Å². The number of thioether (sulfide) groups is 1. The molecule has 0 saturated carbocycles. The van der Waals surface area contributed by atoms with E-state index in [1.807, 2.05) is 0 Å². The first kappa shape index (κ1) is 25.8. The second kappa shape index (κ2) is 11.1. The number of alkyl carbamates (subject to hydrolysis) is 1. The number of nitrogens with one attached hydrogen (secondary N) is 2. The SMILES string of the molecule is COC(=O)[C@H](Cc1ccc(Oc2ccc(/C=C3/SC(=O)NC3=O)cc2)cc1)NC(=O)OC(C)(C)C. The predicted molar refractivity (Wildman–Crippen MR) is 131 cm³/mol. The molecule has 2 aromatic carbocycles. The fraction of sp³-hybridized carbons (Fsp3) is 0.280. The fourth-order valence-corrected chi connectivity index (χ4v) is 3.74. The third kappa shape index (κ3) is 7.89. The molecule has 0 spiro atoms. The lowest BCUT2D eigenvalue weighted by atomic mass is 10.1. The number of rotatable bonds is 7. The van der Waals surface area contributed by atoms with Crippen molar-refractivity contribution in [3.63, 3.8) is 0 Å². The van der Waals surface area contributed by atoms with Gasteiger partial charge >= 0.3 is 12.1 Å². The molecule has 0 bridgehead atoms. The smallest absolute Gasteiger partial charge is 0.408 e. The van der Waals surface area contributed by atoms with Gasteiger partial charge in [-0.05, 0) is 74.0 Å². The van der Waals surface area contributed by atoms with E-state index < -0.39 is 29.6 Å². The molecule has 0 radical (unpaired) electrons. The van der Waals surface area contributed by atoms with Crippen molar-refractivity contribution in [1.29, 1.82) is 0 Å². The molecule has 2 aromatic rings. The molecule has 1 aliphatic rings. The summed E-state index contributed by atoms with van der Waals surface area (Å²) in [7, 11) is 1.26. The third-order valence-corrected chi connectivity index (χ3v) is 5.41. The molecule has 1 aliphatic heterocycles. The lowest BCUT2D eigenvalue weighted by Crippen LogP contribution is -2.45.